The van der Waals surface area contributed by atoms with Gasteiger partial charge in [0.15, 0.2) is 11.5 Å². The predicted octanol–water partition coefficient (Wildman–Crippen LogP) is 3.37. The Morgan fingerprint density at radius 1 is 1.06 bits per heavy atom. The Bertz CT molecular complexity index is 705. The molecule has 0 bridgehead atoms. The molecule has 0 amide bonds. The third-order valence-electron chi connectivity index (χ3n) is 7.24. The summed E-state index contributed by atoms with van der Waals surface area (Å²) < 4.78 is 17.1. The summed E-state index contributed by atoms with van der Waals surface area (Å²) in [5.74, 6) is 3.70. The highest BCUT2D eigenvalue weighted by Gasteiger charge is 2.32. The van der Waals surface area contributed by atoms with Crippen LogP contribution in [0.1, 0.15) is 45.6 Å². The van der Waals surface area contributed by atoms with E-state index in [0.717, 1.165) is 56.6 Å². The summed E-state index contributed by atoms with van der Waals surface area (Å²) in [5.41, 5.74) is 1.26. The molecule has 6 heteroatoms. The molecule has 4 unspecified atom stereocenters. The van der Waals surface area contributed by atoms with Gasteiger partial charge in [0.05, 0.1) is 18.8 Å². The highest BCUT2D eigenvalue weighted by atomic mass is 16.7. The lowest BCUT2D eigenvalue weighted by Gasteiger charge is -2.38. The number of piperazine rings is 1. The molecule has 6 nitrogen and oxygen atoms in total. The van der Waals surface area contributed by atoms with Gasteiger partial charge in [-0.3, -0.25) is 9.80 Å². The number of benzene rings is 1. The van der Waals surface area contributed by atoms with Crippen LogP contribution in [0.4, 0.5) is 0 Å². The molecule has 4 atom stereocenters. The van der Waals surface area contributed by atoms with Gasteiger partial charge in [-0.25, -0.2) is 0 Å². The number of ether oxygens (including phenoxy) is 3. The number of fused-ring (bicyclic) bond motifs is 1. The molecule has 2 fully saturated rings. The van der Waals surface area contributed by atoms with E-state index < -0.39 is 6.10 Å². The molecule has 2 aliphatic heterocycles. The lowest BCUT2D eigenvalue weighted by atomic mass is 9.75. The van der Waals surface area contributed by atoms with Crippen LogP contribution in [0.3, 0.4) is 0 Å². The Kier molecular flexibility index (Phi) is 7.75. The van der Waals surface area contributed by atoms with Gasteiger partial charge in [-0.2, -0.15) is 0 Å². The Balaban J connectivity index is 1.17. The monoisotopic (exact) mass is 432 g/mol. The predicted molar refractivity (Wildman–Crippen MR) is 121 cm³/mol. The van der Waals surface area contributed by atoms with E-state index in [9.17, 15) is 5.11 Å². The summed E-state index contributed by atoms with van der Waals surface area (Å²) in [7, 11) is 0. The van der Waals surface area contributed by atoms with E-state index in [0.29, 0.717) is 37.9 Å². The molecule has 2 heterocycles. The normalized spacial score (nSPS) is 28.2. The standard InChI is InChI=1S/C25H40N2O4/c1-18(2)22-6-4-19(3)12-24(22)29-16-21(28)15-27-10-8-26(9-11-27)14-20-5-7-23-25(13-20)31-17-30-23/h5,7,13,18-19,21-22,24,28H,4,6,8-12,14-17H2,1-3H3. The van der Waals surface area contributed by atoms with Crippen molar-refractivity contribution in [2.45, 2.75) is 58.8 Å². The van der Waals surface area contributed by atoms with Crippen molar-refractivity contribution >= 4 is 0 Å². The van der Waals surface area contributed by atoms with E-state index in [1.165, 1.54) is 18.4 Å². The van der Waals surface area contributed by atoms with Crippen molar-refractivity contribution in [3.05, 3.63) is 23.8 Å². The first-order valence-electron chi connectivity index (χ1n) is 12.1. The van der Waals surface area contributed by atoms with Crippen LogP contribution >= 0.6 is 0 Å². The van der Waals surface area contributed by atoms with Gasteiger partial charge in [0.25, 0.3) is 0 Å². The largest absolute Gasteiger partial charge is 0.454 e. The summed E-state index contributed by atoms with van der Waals surface area (Å²) in [6.45, 7) is 13.3. The van der Waals surface area contributed by atoms with Crippen molar-refractivity contribution in [2.24, 2.45) is 17.8 Å². The molecule has 1 aromatic rings. The molecule has 4 rings (SSSR count). The number of nitrogens with zero attached hydrogens (tertiary/aromatic N) is 2. The maximum Gasteiger partial charge on any atom is 0.231 e. The van der Waals surface area contributed by atoms with Crippen molar-refractivity contribution in [1.82, 2.24) is 9.80 Å². The maximum atomic E-state index is 10.6. The van der Waals surface area contributed by atoms with Crippen molar-refractivity contribution in [3.63, 3.8) is 0 Å². The first-order chi connectivity index (χ1) is 15.0. The Hall–Kier alpha value is -1.34. The van der Waals surface area contributed by atoms with E-state index in [-0.39, 0.29) is 0 Å². The zero-order valence-corrected chi connectivity index (χ0v) is 19.5. The first-order valence-corrected chi connectivity index (χ1v) is 12.1. The average Bonchev–Trinajstić information content (AvgIpc) is 3.21. The van der Waals surface area contributed by atoms with E-state index in [1.54, 1.807) is 0 Å². The fourth-order valence-electron chi connectivity index (χ4n) is 5.32. The zero-order chi connectivity index (χ0) is 21.8. The molecule has 1 saturated carbocycles. The summed E-state index contributed by atoms with van der Waals surface area (Å²) in [4.78, 5) is 4.83. The fourth-order valence-corrected chi connectivity index (χ4v) is 5.32. The molecular formula is C25H40N2O4. The molecular weight excluding hydrogens is 392 g/mol. The summed E-state index contributed by atoms with van der Waals surface area (Å²) in [6.07, 6.45) is 3.59. The molecule has 0 spiro atoms. The van der Waals surface area contributed by atoms with E-state index in [1.807, 2.05) is 6.07 Å². The number of hydrogen-bond donors (Lipinski definition) is 1. The molecule has 0 aromatic heterocycles. The minimum absolute atomic E-state index is 0.303. The van der Waals surface area contributed by atoms with Crippen LogP contribution in [0.2, 0.25) is 0 Å². The summed E-state index contributed by atoms with van der Waals surface area (Å²) in [5, 5.41) is 10.6. The van der Waals surface area contributed by atoms with Crippen molar-refractivity contribution in [3.8, 4) is 11.5 Å². The summed E-state index contributed by atoms with van der Waals surface area (Å²) >= 11 is 0. The molecule has 0 radical (unpaired) electrons. The van der Waals surface area contributed by atoms with Gasteiger partial charge < -0.3 is 19.3 Å². The molecule has 3 aliphatic rings. The topological polar surface area (TPSA) is 54.4 Å². The molecule has 1 aliphatic carbocycles. The Morgan fingerprint density at radius 3 is 2.58 bits per heavy atom. The highest BCUT2D eigenvalue weighted by Crippen LogP contribution is 2.35. The molecule has 1 saturated heterocycles. The van der Waals surface area contributed by atoms with E-state index in [4.69, 9.17) is 14.2 Å². The van der Waals surface area contributed by atoms with Gasteiger partial charge in [0.2, 0.25) is 6.79 Å². The average molecular weight is 433 g/mol. The quantitative estimate of drug-likeness (QED) is 0.680. The van der Waals surface area contributed by atoms with Gasteiger partial charge in [0.1, 0.15) is 0 Å². The van der Waals surface area contributed by atoms with Gasteiger partial charge in [-0.1, -0.05) is 33.3 Å². The van der Waals surface area contributed by atoms with Crippen LogP contribution in [0.25, 0.3) is 0 Å². The van der Waals surface area contributed by atoms with Gasteiger partial charge in [-0.15, -0.1) is 0 Å². The number of aliphatic hydroxyl groups excluding tert-OH is 1. The third kappa shape index (κ3) is 6.13. The van der Waals surface area contributed by atoms with E-state index >= 15 is 0 Å². The lowest BCUT2D eigenvalue weighted by Crippen LogP contribution is -2.49. The molecule has 1 aromatic carbocycles. The summed E-state index contributed by atoms with van der Waals surface area (Å²) in [6, 6.07) is 6.21. The minimum atomic E-state index is -0.412. The van der Waals surface area contributed by atoms with Gasteiger partial charge in [0, 0.05) is 39.3 Å². The number of β-amino-alcohol motifs (C(OH)–C–C–N with tert-alkyl or cyclic N) is 1. The highest BCUT2D eigenvalue weighted by molar-refractivity contribution is 5.44. The zero-order valence-electron chi connectivity index (χ0n) is 19.5. The van der Waals surface area contributed by atoms with Crippen LogP contribution in [0.15, 0.2) is 18.2 Å². The first kappa shape index (κ1) is 22.8. The van der Waals surface area contributed by atoms with Crippen LogP contribution < -0.4 is 9.47 Å². The van der Waals surface area contributed by atoms with Gasteiger partial charge in [-0.05, 0) is 48.3 Å². The second-order valence-corrected chi connectivity index (χ2v) is 10.1. The number of hydrogen-bond acceptors (Lipinski definition) is 6. The van der Waals surface area contributed by atoms with E-state index in [2.05, 4.69) is 42.7 Å². The SMILES string of the molecule is CC1CCC(C(C)C)C(OCC(O)CN2CCN(Cc3ccc4c(c3)OCO4)CC2)C1. The van der Waals surface area contributed by atoms with Crippen molar-refractivity contribution in [2.75, 3.05) is 46.1 Å². The second kappa shape index (κ2) is 10.5. The Morgan fingerprint density at radius 2 is 1.81 bits per heavy atom. The van der Waals surface area contributed by atoms with Crippen LogP contribution in [0, 0.1) is 17.8 Å². The molecule has 1 N–H and O–H groups in total. The van der Waals surface area contributed by atoms with Crippen LogP contribution in [-0.4, -0.2) is 73.2 Å². The minimum Gasteiger partial charge on any atom is -0.454 e. The van der Waals surface area contributed by atoms with Crippen LogP contribution in [-0.2, 0) is 11.3 Å². The lowest BCUT2D eigenvalue weighted by molar-refractivity contribution is -0.0755. The van der Waals surface area contributed by atoms with Crippen molar-refractivity contribution in [1.29, 1.82) is 0 Å². The van der Waals surface area contributed by atoms with Crippen LogP contribution in [0.5, 0.6) is 11.5 Å². The van der Waals surface area contributed by atoms with Crippen molar-refractivity contribution < 1.29 is 19.3 Å². The second-order valence-electron chi connectivity index (χ2n) is 10.1. The Labute approximate surface area is 187 Å². The third-order valence-corrected chi connectivity index (χ3v) is 7.24. The fraction of sp³-hybridized carbons (Fsp3) is 0.760. The maximum absolute atomic E-state index is 10.6. The molecule has 174 valence electrons. The smallest absolute Gasteiger partial charge is 0.231 e. The number of rotatable bonds is 8. The van der Waals surface area contributed by atoms with Gasteiger partial charge >= 0.3 is 0 Å². The molecule has 31 heavy (non-hydrogen) atoms. The number of aliphatic hydroxyl groups is 1.